The van der Waals surface area contributed by atoms with Crippen molar-refractivity contribution in [2.75, 3.05) is 0 Å². The van der Waals surface area contributed by atoms with Crippen LogP contribution in [0.5, 0.6) is 0 Å². The molecule has 3 rings (SSSR count). The lowest BCUT2D eigenvalue weighted by Gasteiger charge is -1.98. The summed E-state index contributed by atoms with van der Waals surface area (Å²) in [5.41, 5.74) is 1.26. The van der Waals surface area contributed by atoms with E-state index >= 15 is 0 Å². The molecule has 0 N–H and O–H groups in total. The van der Waals surface area contributed by atoms with Crippen LogP contribution >= 0.6 is 0 Å². The van der Waals surface area contributed by atoms with Crippen LogP contribution in [0.15, 0.2) is 59.5 Å². The zero-order valence-electron chi connectivity index (χ0n) is 8.30. The van der Waals surface area contributed by atoms with Gasteiger partial charge in [0.1, 0.15) is 0 Å². The molecule has 1 nitrogen and oxygen atoms in total. The zero-order chi connectivity index (χ0) is 10.1. The maximum absolute atomic E-state index is 4.67. The quantitative estimate of drug-likeness (QED) is 0.583. The van der Waals surface area contributed by atoms with E-state index in [1.165, 1.54) is 10.7 Å². The Balaban J connectivity index is 2.12. The van der Waals surface area contributed by atoms with Crippen molar-refractivity contribution in [3.8, 4) is 0 Å². The van der Waals surface area contributed by atoms with Crippen molar-refractivity contribution >= 4 is 18.3 Å². The molecule has 2 aromatic rings. The highest BCUT2D eigenvalue weighted by molar-refractivity contribution is 6.84. The van der Waals surface area contributed by atoms with E-state index in [1.807, 2.05) is 12.1 Å². The Morgan fingerprint density at radius 1 is 0.800 bits per heavy atom. The molecule has 0 amide bonds. The molecule has 15 heavy (non-hydrogen) atoms. The molecule has 2 heteroatoms. The van der Waals surface area contributed by atoms with Crippen LogP contribution in [0, 0.1) is 0 Å². The fourth-order valence-corrected chi connectivity index (χ4v) is 1.92. The summed E-state index contributed by atoms with van der Waals surface area (Å²) in [6.07, 6.45) is 0. The maximum Gasteiger partial charge on any atom is 0.338 e. The minimum Gasteiger partial charge on any atom is -0.329 e. The third kappa shape index (κ3) is 1.48. The largest absolute Gasteiger partial charge is 0.338 e. The van der Waals surface area contributed by atoms with Crippen LogP contribution in [-0.2, 0) is 0 Å². The molecule has 1 aliphatic rings. The van der Waals surface area contributed by atoms with E-state index in [-0.39, 0.29) is 6.85 Å². The fraction of sp³-hybridized carbons (Fsp3) is 0. The summed E-state index contributed by atoms with van der Waals surface area (Å²) in [5, 5.41) is 2.35. The molecular formula is C13H10BN. The van der Waals surface area contributed by atoms with Gasteiger partial charge < -0.3 is 4.90 Å². The van der Waals surface area contributed by atoms with Crippen LogP contribution in [0.2, 0.25) is 0 Å². The summed E-state index contributed by atoms with van der Waals surface area (Å²) >= 11 is 0. The van der Waals surface area contributed by atoms with Gasteiger partial charge in [-0.25, -0.2) is 0 Å². The lowest BCUT2D eigenvalue weighted by molar-refractivity contribution is 1.41. The lowest BCUT2D eigenvalue weighted by atomic mass is 9.58. The number of fused-ring (bicyclic) bond motifs is 1. The van der Waals surface area contributed by atoms with Gasteiger partial charge in [-0.2, -0.15) is 0 Å². The van der Waals surface area contributed by atoms with E-state index in [2.05, 4.69) is 53.3 Å². The number of rotatable bonds is 1. The Morgan fingerprint density at radius 3 is 2.33 bits per heavy atom. The Kier molecular flexibility index (Phi) is 1.92. The van der Waals surface area contributed by atoms with Crippen molar-refractivity contribution in [3.63, 3.8) is 0 Å². The van der Waals surface area contributed by atoms with Crippen molar-refractivity contribution in [2.24, 2.45) is 4.90 Å². The van der Waals surface area contributed by atoms with E-state index in [0.717, 1.165) is 5.36 Å². The van der Waals surface area contributed by atoms with E-state index in [4.69, 9.17) is 0 Å². The standard InChI is InChI=1S/C13H10BN/c1-2-7-12(8-3-1)14-10-11-6-4-5-9-13(11)15-14/h1-10H. The van der Waals surface area contributed by atoms with Crippen LogP contribution < -0.4 is 16.0 Å². The van der Waals surface area contributed by atoms with Gasteiger partial charge in [0.25, 0.3) is 0 Å². The molecule has 0 aliphatic carbocycles. The number of hydrogen-bond donors (Lipinski definition) is 0. The van der Waals surface area contributed by atoms with E-state index in [1.54, 1.807) is 0 Å². The summed E-state index contributed by atoms with van der Waals surface area (Å²) in [6, 6.07) is 18.7. The Morgan fingerprint density at radius 2 is 1.53 bits per heavy atom. The van der Waals surface area contributed by atoms with Gasteiger partial charge in [0, 0.05) is 5.36 Å². The molecule has 0 atom stereocenters. The molecule has 0 saturated carbocycles. The van der Waals surface area contributed by atoms with Gasteiger partial charge in [0.2, 0.25) is 0 Å². The summed E-state index contributed by atoms with van der Waals surface area (Å²) in [4.78, 5) is 4.67. The van der Waals surface area contributed by atoms with Gasteiger partial charge >= 0.3 is 6.85 Å². The first kappa shape index (κ1) is 8.48. The van der Waals surface area contributed by atoms with E-state index in [9.17, 15) is 0 Å². The smallest absolute Gasteiger partial charge is 0.329 e. The monoisotopic (exact) mass is 191 g/mol. The molecular weight excluding hydrogens is 181 g/mol. The van der Waals surface area contributed by atoms with E-state index in [0.29, 0.717) is 0 Å². The molecule has 0 saturated heterocycles. The van der Waals surface area contributed by atoms with Crippen molar-refractivity contribution in [1.29, 1.82) is 0 Å². The molecule has 0 fully saturated rings. The predicted molar refractivity (Wildman–Crippen MR) is 63.5 cm³/mol. The molecule has 0 unspecified atom stereocenters. The first-order valence-corrected chi connectivity index (χ1v) is 5.13. The van der Waals surface area contributed by atoms with Gasteiger partial charge in [0.05, 0.1) is 0 Å². The van der Waals surface area contributed by atoms with Gasteiger partial charge in [-0.3, -0.25) is 0 Å². The Hall–Kier alpha value is -1.83. The predicted octanol–water partition coefficient (Wildman–Crippen LogP) is 0.538. The Labute approximate surface area is 88.9 Å². The van der Waals surface area contributed by atoms with Crippen molar-refractivity contribution < 1.29 is 0 Å². The molecule has 0 bridgehead atoms. The molecule has 70 valence electrons. The highest BCUT2D eigenvalue weighted by Gasteiger charge is 2.15. The van der Waals surface area contributed by atoms with Gasteiger partial charge in [-0.15, -0.1) is 0 Å². The average Bonchev–Trinajstić information content (AvgIpc) is 2.74. The zero-order valence-corrected chi connectivity index (χ0v) is 8.30. The minimum atomic E-state index is 0.198. The van der Waals surface area contributed by atoms with Crippen molar-refractivity contribution in [2.45, 2.75) is 0 Å². The first-order chi connectivity index (χ1) is 7.43. The van der Waals surface area contributed by atoms with Gasteiger partial charge in [0.15, 0.2) is 0 Å². The number of benzene rings is 2. The lowest BCUT2D eigenvalue weighted by Crippen LogP contribution is -2.24. The van der Waals surface area contributed by atoms with Gasteiger partial charge in [-0.05, 0) is 16.7 Å². The molecule has 1 aliphatic heterocycles. The van der Waals surface area contributed by atoms with Crippen LogP contribution in [0.4, 0.5) is 0 Å². The van der Waals surface area contributed by atoms with Crippen molar-refractivity contribution in [1.82, 2.24) is 0 Å². The maximum atomic E-state index is 4.67. The summed E-state index contributed by atoms with van der Waals surface area (Å²) in [5.74, 6) is 2.21. The van der Waals surface area contributed by atoms with Crippen LogP contribution in [0.1, 0.15) is 0 Å². The minimum absolute atomic E-state index is 0.198. The van der Waals surface area contributed by atoms with Crippen LogP contribution in [-0.4, -0.2) is 6.85 Å². The molecule has 2 aromatic carbocycles. The van der Waals surface area contributed by atoms with Crippen LogP contribution in [0.3, 0.4) is 0 Å². The van der Waals surface area contributed by atoms with E-state index < -0.39 is 0 Å². The molecule has 0 radical (unpaired) electrons. The highest BCUT2D eigenvalue weighted by Crippen LogP contribution is 1.94. The number of nitrogens with zero attached hydrogens (tertiary/aromatic N) is 1. The molecule has 0 spiro atoms. The fourth-order valence-electron chi connectivity index (χ4n) is 1.92. The average molecular weight is 191 g/mol. The third-order valence-corrected chi connectivity index (χ3v) is 2.69. The summed E-state index contributed by atoms with van der Waals surface area (Å²) < 4.78 is 0. The third-order valence-electron chi connectivity index (χ3n) is 2.69. The normalized spacial score (nSPS) is 12.9. The first-order valence-electron chi connectivity index (χ1n) is 5.13. The molecule has 0 aromatic heterocycles. The number of hydrogen-bond acceptors (Lipinski definition) is 1. The topological polar surface area (TPSA) is 12.4 Å². The summed E-state index contributed by atoms with van der Waals surface area (Å²) in [7, 11) is 0. The SMILES string of the molecule is C1=c2ccccc2=NB1c1ccccc1. The Bertz CT molecular complexity index is 554. The second-order valence-corrected chi connectivity index (χ2v) is 3.71. The van der Waals surface area contributed by atoms with Crippen molar-refractivity contribution in [3.05, 3.63) is 65.2 Å². The highest BCUT2D eigenvalue weighted by atomic mass is 14.6. The molecule has 1 heterocycles. The summed E-state index contributed by atoms with van der Waals surface area (Å²) in [6.45, 7) is 0.198. The van der Waals surface area contributed by atoms with Crippen LogP contribution in [0.25, 0.3) is 5.98 Å². The van der Waals surface area contributed by atoms with Gasteiger partial charge in [-0.1, -0.05) is 54.5 Å². The second kappa shape index (κ2) is 3.39. The second-order valence-electron chi connectivity index (χ2n) is 3.71.